The van der Waals surface area contributed by atoms with Crippen molar-refractivity contribution in [3.05, 3.63) is 54.1 Å². The summed E-state index contributed by atoms with van der Waals surface area (Å²) in [6.07, 6.45) is 0. The highest BCUT2D eigenvalue weighted by Crippen LogP contribution is 2.22. The van der Waals surface area contributed by atoms with Gasteiger partial charge >= 0.3 is 0 Å². The van der Waals surface area contributed by atoms with Crippen molar-refractivity contribution in [3.8, 4) is 11.5 Å². The third kappa shape index (κ3) is 2.54. The molecule has 2 aromatic carbocycles. The van der Waals surface area contributed by atoms with Crippen LogP contribution in [0.5, 0.6) is 11.5 Å². The summed E-state index contributed by atoms with van der Waals surface area (Å²) in [6.45, 7) is 2.06. The predicted octanol–water partition coefficient (Wildman–Crippen LogP) is 3.83. The summed E-state index contributed by atoms with van der Waals surface area (Å²) in [5.41, 5.74) is 2.31. The van der Waals surface area contributed by atoms with E-state index in [0.29, 0.717) is 0 Å². The topological polar surface area (TPSA) is 21.3 Å². The molecule has 82 valence electrons. The van der Waals surface area contributed by atoms with E-state index in [-0.39, 0.29) is 0 Å². The fourth-order valence-corrected chi connectivity index (χ4v) is 1.43. The summed E-state index contributed by atoms with van der Waals surface area (Å²) in [5, 5.41) is 3.07. The standard InChI is InChI=1S/C14H15NO/c1-11-3-7-13(8-4-11)16-14-9-5-12(15-2)6-10-14/h3-10,15H,1-2H3. The maximum absolute atomic E-state index is 5.71. The lowest BCUT2D eigenvalue weighted by atomic mass is 10.2. The number of benzene rings is 2. The first-order chi connectivity index (χ1) is 7.78. The van der Waals surface area contributed by atoms with Crippen LogP contribution in [0, 0.1) is 6.92 Å². The van der Waals surface area contributed by atoms with E-state index in [2.05, 4.69) is 12.2 Å². The van der Waals surface area contributed by atoms with Crippen molar-refractivity contribution >= 4 is 5.69 Å². The molecule has 0 atom stereocenters. The van der Waals surface area contributed by atoms with Crippen LogP contribution in [0.3, 0.4) is 0 Å². The Morgan fingerprint density at radius 3 is 1.81 bits per heavy atom. The Morgan fingerprint density at radius 2 is 1.31 bits per heavy atom. The third-order valence-corrected chi connectivity index (χ3v) is 2.40. The Kier molecular flexibility index (Phi) is 3.10. The molecule has 0 heterocycles. The van der Waals surface area contributed by atoms with Crippen molar-refractivity contribution in [3.63, 3.8) is 0 Å². The van der Waals surface area contributed by atoms with Crippen LogP contribution in [0.1, 0.15) is 5.56 Å². The van der Waals surface area contributed by atoms with Gasteiger partial charge in [-0.3, -0.25) is 0 Å². The molecule has 0 fully saturated rings. The summed E-state index contributed by atoms with van der Waals surface area (Å²) < 4.78 is 5.71. The maximum Gasteiger partial charge on any atom is 0.127 e. The van der Waals surface area contributed by atoms with Gasteiger partial charge in [-0.1, -0.05) is 17.7 Å². The van der Waals surface area contributed by atoms with Gasteiger partial charge in [-0.2, -0.15) is 0 Å². The van der Waals surface area contributed by atoms with E-state index >= 15 is 0 Å². The number of hydrogen-bond acceptors (Lipinski definition) is 2. The van der Waals surface area contributed by atoms with Gasteiger partial charge in [0.1, 0.15) is 11.5 Å². The van der Waals surface area contributed by atoms with Gasteiger partial charge in [-0.05, 0) is 43.3 Å². The molecule has 2 rings (SSSR count). The molecule has 1 N–H and O–H groups in total. The molecule has 0 saturated heterocycles. The highest BCUT2D eigenvalue weighted by atomic mass is 16.5. The number of rotatable bonds is 3. The summed E-state index contributed by atoms with van der Waals surface area (Å²) >= 11 is 0. The van der Waals surface area contributed by atoms with E-state index in [1.807, 2.05) is 55.6 Å². The first-order valence-electron chi connectivity index (χ1n) is 5.30. The largest absolute Gasteiger partial charge is 0.457 e. The van der Waals surface area contributed by atoms with Gasteiger partial charge < -0.3 is 10.1 Å². The summed E-state index contributed by atoms with van der Waals surface area (Å²) in [7, 11) is 1.90. The molecule has 0 amide bonds. The molecule has 2 heteroatoms. The van der Waals surface area contributed by atoms with Gasteiger partial charge in [-0.25, -0.2) is 0 Å². The van der Waals surface area contributed by atoms with E-state index in [9.17, 15) is 0 Å². The minimum Gasteiger partial charge on any atom is -0.457 e. The van der Waals surface area contributed by atoms with Crippen molar-refractivity contribution in [1.82, 2.24) is 0 Å². The van der Waals surface area contributed by atoms with Crippen LogP contribution in [0.15, 0.2) is 48.5 Å². The molecular formula is C14H15NO. The quantitative estimate of drug-likeness (QED) is 0.836. The van der Waals surface area contributed by atoms with Crippen molar-refractivity contribution in [1.29, 1.82) is 0 Å². The highest BCUT2D eigenvalue weighted by molar-refractivity contribution is 5.46. The molecule has 0 radical (unpaired) electrons. The second kappa shape index (κ2) is 4.71. The van der Waals surface area contributed by atoms with Gasteiger partial charge in [0.2, 0.25) is 0 Å². The lowest BCUT2D eigenvalue weighted by Crippen LogP contribution is -1.88. The lowest BCUT2D eigenvalue weighted by Gasteiger charge is -2.06. The van der Waals surface area contributed by atoms with Gasteiger partial charge in [0.05, 0.1) is 0 Å². The molecule has 0 aliphatic carbocycles. The molecule has 2 aromatic rings. The molecular weight excluding hydrogens is 198 g/mol. The Hall–Kier alpha value is -1.96. The average Bonchev–Trinajstić information content (AvgIpc) is 2.33. The first kappa shape index (κ1) is 10.6. The number of hydrogen-bond donors (Lipinski definition) is 1. The zero-order valence-electron chi connectivity index (χ0n) is 9.53. The molecule has 2 nitrogen and oxygen atoms in total. The molecule has 0 aromatic heterocycles. The van der Waals surface area contributed by atoms with Crippen LogP contribution in [0.25, 0.3) is 0 Å². The van der Waals surface area contributed by atoms with Gasteiger partial charge in [0, 0.05) is 12.7 Å². The fourth-order valence-electron chi connectivity index (χ4n) is 1.43. The van der Waals surface area contributed by atoms with Crippen LogP contribution in [0.2, 0.25) is 0 Å². The highest BCUT2D eigenvalue weighted by Gasteiger charge is 1.96. The monoisotopic (exact) mass is 213 g/mol. The van der Waals surface area contributed by atoms with E-state index in [4.69, 9.17) is 4.74 Å². The first-order valence-corrected chi connectivity index (χ1v) is 5.30. The van der Waals surface area contributed by atoms with Crippen molar-refractivity contribution in [2.45, 2.75) is 6.92 Å². The Labute approximate surface area is 95.9 Å². The van der Waals surface area contributed by atoms with Crippen molar-refractivity contribution in [2.75, 3.05) is 12.4 Å². The number of anilines is 1. The number of aryl methyl sites for hydroxylation is 1. The minimum atomic E-state index is 0.850. The van der Waals surface area contributed by atoms with Crippen molar-refractivity contribution in [2.24, 2.45) is 0 Å². The minimum absolute atomic E-state index is 0.850. The normalized spacial score (nSPS) is 9.88. The lowest BCUT2D eigenvalue weighted by molar-refractivity contribution is 0.482. The number of ether oxygens (including phenoxy) is 1. The zero-order chi connectivity index (χ0) is 11.4. The second-order valence-corrected chi connectivity index (χ2v) is 3.69. The van der Waals surface area contributed by atoms with Crippen LogP contribution in [-0.2, 0) is 0 Å². The fraction of sp³-hybridized carbons (Fsp3) is 0.143. The summed E-state index contributed by atoms with van der Waals surface area (Å²) in [6, 6.07) is 15.9. The molecule has 0 bridgehead atoms. The smallest absolute Gasteiger partial charge is 0.127 e. The van der Waals surface area contributed by atoms with Crippen LogP contribution in [0.4, 0.5) is 5.69 Å². The van der Waals surface area contributed by atoms with E-state index in [0.717, 1.165) is 17.2 Å². The average molecular weight is 213 g/mol. The predicted molar refractivity (Wildman–Crippen MR) is 67.2 cm³/mol. The Bertz CT molecular complexity index is 445. The maximum atomic E-state index is 5.71. The SMILES string of the molecule is CNc1ccc(Oc2ccc(C)cc2)cc1. The van der Waals surface area contributed by atoms with Crippen molar-refractivity contribution < 1.29 is 4.74 Å². The van der Waals surface area contributed by atoms with E-state index < -0.39 is 0 Å². The Morgan fingerprint density at radius 1 is 0.812 bits per heavy atom. The summed E-state index contributed by atoms with van der Waals surface area (Å²) in [5.74, 6) is 1.71. The van der Waals surface area contributed by atoms with Crippen LogP contribution in [-0.4, -0.2) is 7.05 Å². The van der Waals surface area contributed by atoms with E-state index in [1.54, 1.807) is 0 Å². The molecule has 0 saturated carbocycles. The molecule has 0 spiro atoms. The zero-order valence-corrected chi connectivity index (χ0v) is 9.53. The second-order valence-electron chi connectivity index (χ2n) is 3.69. The van der Waals surface area contributed by atoms with Gasteiger partial charge in [0.25, 0.3) is 0 Å². The molecule has 0 unspecified atom stereocenters. The van der Waals surface area contributed by atoms with Crippen LogP contribution < -0.4 is 10.1 Å². The van der Waals surface area contributed by atoms with Crippen LogP contribution >= 0.6 is 0 Å². The number of nitrogens with one attached hydrogen (secondary N) is 1. The molecule has 0 aliphatic rings. The molecule has 0 aliphatic heterocycles. The summed E-state index contributed by atoms with van der Waals surface area (Å²) in [4.78, 5) is 0. The van der Waals surface area contributed by atoms with Gasteiger partial charge in [0.15, 0.2) is 0 Å². The van der Waals surface area contributed by atoms with E-state index in [1.165, 1.54) is 5.56 Å². The third-order valence-electron chi connectivity index (χ3n) is 2.40. The van der Waals surface area contributed by atoms with Gasteiger partial charge in [-0.15, -0.1) is 0 Å². The molecule has 16 heavy (non-hydrogen) atoms. The Balaban J connectivity index is 2.11.